The molecule has 16 heavy (non-hydrogen) atoms. The van der Waals surface area contributed by atoms with Gasteiger partial charge in [-0.1, -0.05) is 0 Å². The first-order valence-electron chi connectivity index (χ1n) is 6.27. The fourth-order valence-electron chi connectivity index (χ4n) is 2.21. The van der Waals surface area contributed by atoms with Gasteiger partial charge in [0.2, 0.25) is 0 Å². The summed E-state index contributed by atoms with van der Waals surface area (Å²) >= 11 is 2.07. The Morgan fingerprint density at radius 2 is 2.38 bits per heavy atom. The number of thioether (sulfide) groups is 1. The molecule has 0 unspecified atom stereocenters. The van der Waals surface area contributed by atoms with E-state index in [9.17, 15) is 0 Å². The third-order valence-corrected chi connectivity index (χ3v) is 4.60. The second-order valence-corrected chi connectivity index (χ2v) is 6.04. The second kappa shape index (κ2) is 4.80. The average Bonchev–Trinajstić information content (AvgIpc) is 3.08. The minimum atomic E-state index is 0.700. The molecule has 2 N–H and O–H groups in total. The van der Waals surface area contributed by atoms with Crippen LogP contribution in [-0.2, 0) is 6.54 Å². The lowest BCUT2D eigenvalue weighted by Crippen LogP contribution is -2.33. The van der Waals surface area contributed by atoms with Crippen molar-refractivity contribution in [2.45, 2.75) is 44.2 Å². The molecular formula is C12H19N3S. The highest BCUT2D eigenvalue weighted by Crippen LogP contribution is 2.38. The molecule has 4 heteroatoms. The summed E-state index contributed by atoms with van der Waals surface area (Å²) in [6, 6.07) is 2.94. The predicted molar refractivity (Wildman–Crippen MR) is 67.7 cm³/mol. The van der Waals surface area contributed by atoms with Crippen LogP contribution in [0.15, 0.2) is 6.07 Å². The van der Waals surface area contributed by atoms with Gasteiger partial charge in [0.15, 0.2) is 0 Å². The van der Waals surface area contributed by atoms with Crippen LogP contribution < -0.4 is 5.32 Å². The predicted octanol–water partition coefficient (Wildman–Crippen LogP) is 2.27. The highest BCUT2D eigenvalue weighted by molar-refractivity contribution is 7.99. The SMILES string of the molecule is c1c(C2CC2)n[nH]c1CN[C@@H]1CCCSC1. The Kier molecular flexibility index (Phi) is 3.20. The molecular weight excluding hydrogens is 218 g/mol. The zero-order valence-electron chi connectivity index (χ0n) is 9.54. The third-order valence-electron chi connectivity index (χ3n) is 3.39. The van der Waals surface area contributed by atoms with Gasteiger partial charge in [-0.25, -0.2) is 0 Å². The van der Waals surface area contributed by atoms with Gasteiger partial charge in [-0.05, 0) is 37.5 Å². The van der Waals surface area contributed by atoms with Gasteiger partial charge < -0.3 is 5.32 Å². The van der Waals surface area contributed by atoms with E-state index in [4.69, 9.17) is 0 Å². The maximum Gasteiger partial charge on any atom is 0.0656 e. The van der Waals surface area contributed by atoms with Gasteiger partial charge in [-0.3, -0.25) is 5.10 Å². The zero-order chi connectivity index (χ0) is 10.8. The topological polar surface area (TPSA) is 40.7 Å². The van der Waals surface area contributed by atoms with Crippen molar-refractivity contribution in [3.63, 3.8) is 0 Å². The molecule has 1 aliphatic carbocycles. The normalized spacial score (nSPS) is 25.9. The number of hydrogen-bond donors (Lipinski definition) is 2. The number of H-pyrrole nitrogens is 1. The molecule has 1 aliphatic heterocycles. The van der Waals surface area contributed by atoms with Gasteiger partial charge in [-0.2, -0.15) is 16.9 Å². The molecule has 0 radical (unpaired) electrons. The standard InChI is InChI=1S/C12H19N3S/c1-2-10(8-16-5-1)13-7-11-6-12(15-14-11)9-3-4-9/h6,9-10,13H,1-5,7-8H2,(H,14,15)/t10-/m1/s1. The van der Waals surface area contributed by atoms with Gasteiger partial charge >= 0.3 is 0 Å². The number of aromatic nitrogens is 2. The average molecular weight is 237 g/mol. The van der Waals surface area contributed by atoms with E-state index in [1.165, 1.54) is 48.6 Å². The van der Waals surface area contributed by atoms with Crippen molar-refractivity contribution in [3.8, 4) is 0 Å². The number of nitrogens with one attached hydrogen (secondary N) is 2. The largest absolute Gasteiger partial charge is 0.308 e. The minimum Gasteiger partial charge on any atom is -0.308 e. The van der Waals surface area contributed by atoms with Crippen LogP contribution >= 0.6 is 11.8 Å². The zero-order valence-corrected chi connectivity index (χ0v) is 10.4. The van der Waals surface area contributed by atoms with Crippen molar-refractivity contribution in [1.29, 1.82) is 0 Å². The summed E-state index contributed by atoms with van der Waals surface area (Å²) in [6.07, 6.45) is 5.35. The summed E-state index contributed by atoms with van der Waals surface area (Å²) < 4.78 is 0. The molecule has 1 saturated carbocycles. The Labute approximate surface area is 101 Å². The molecule has 3 rings (SSSR count). The van der Waals surface area contributed by atoms with E-state index in [0.717, 1.165) is 12.5 Å². The Hall–Kier alpha value is -0.480. The van der Waals surface area contributed by atoms with Crippen molar-refractivity contribution >= 4 is 11.8 Å². The molecule has 3 nitrogen and oxygen atoms in total. The van der Waals surface area contributed by atoms with Crippen molar-refractivity contribution in [1.82, 2.24) is 15.5 Å². The van der Waals surface area contributed by atoms with E-state index in [-0.39, 0.29) is 0 Å². The molecule has 88 valence electrons. The molecule has 0 amide bonds. The third kappa shape index (κ3) is 2.61. The second-order valence-electron chi connectivity index (χ2n) is 4.89. The van der Waals surface area contributed by atoms with Crippen molar-refractivity contribution < 1.29 is 0 Å². The van der Waals surface area contributed by atoms with E-state index >= 15 is 0 Å². The molecule has 2 heterocycles. The van der Waals surface area contributed by atoms with Crippen molar-refractivity contribution in [2.75, 3.05) is 11.5 Å². The molecule has 1 saturated heterocycles. The summed E-state index contributed by atoms with van der Waals surface area (Å²) in [5, 5.41) is 11.1. The van der Waals surface area contributed by atoms with Crippen LogP contribution in [0.3, 0.4) is 0 Å². The first-order chi connectivity index (χ1) is 7.92. The minimum absolute atomic E-state index is 0.700. The molecule has 1 aromatic heterocycles. The first-order valence-corrected chi connectivity index (χ1v) is 7.42. The Morgan fingerprint density at radius 1 is 1.44 bits per heavy atom. The summed E-state index contributed by atoms with van der Waals surface area (Å²) in [7, 11) is 0. The number of nitrogens with zero attached hydrogens (tertiary/aromatic N) is 1. The smallest absolute Gasteiger partial charge is 0.0656 e. The van der Waals surface area contributed by atoms with Gasteiger partial charge in [0.05, 0.1) is 5.69 Å². The lowest BCUT2D eigenvalue weighted by molar-refractivity contribution is 0.503. The maximum atomic E-state index is 4.37. The van der Waals surface area contributed by atoms with Crippen LogP contribution in [0.5, 0.6) is 0 Å². The van der Waals surface area contributed by atoms with Crippen LogP contribution in [0.2, 0.25) is 0 Å². The van der Waals surface area contributed by atoms with Crippen LogP contribution in [0.4, 0.5) is 0 Å². The van der Waals surface area contributed by atoms with E-state index in [2.05, 4.69) is 33.3 Å². The quantitative estimate of drug-likeness (QED) is 0.844. The van der Waals surface area contributed by atoms with Crippen LogP contribution in [-0.4, -0.2) is 27.7 Å². The first kappa shape index (κ1) is 10.7. The van der Waals surface area contributed by atoms with E-state index in [1.54, 1.807) is 0 Å². The summed E-state index contributed by atoms with van der Waals surface area (Å²) in [5.41, 5.74) is 2.52. The monoisotopic (exact) mass is 237 g/mol. The van der Waals surface area contributed by atoms with Crippen molar-refractivity contribution in [3.05, 3.63) is 17.5 Å². The van der Waals surface area contributed by atoms with Gasteiger partial charge in [0, 0.05) is 30.0 Å². The maximum absolute atomic E-state index is 4.37. The molecule has 1 atom stereocenters. The van der Waals surface area contributed by atoms with Crippen molar-refractivity contribution in [2.24, 2.45) is 0 Å². The molecule has 2 aliphatic rings. The number of hydrogen-bond acceptors (Lipinski definition) is 3. The molecule has 0 spiro atoms. The molecule has 0 bridgehead atoms. The van der Waals surface area contributed by atoms with E-state index in [1.807, 2.05) is 0 Å². The fourth-order valence-corrected chi connectivity index (χ4v) is 3.32. The van der Waals surface area contributed by atoms with E-state index < -0.39 is 0 Å². The Bertz CT molecular complexity index is 340. The van der Waals surface area contributed by atoms with E-state index in [0.29, 0.717) is 6.04 Å². The molecule has 0 aromatic carbocycles. The summed E-state index contributed by atoms with van der Waals surface area (Å²) in [5.74, 6) is 3.37. The van der Waals surface area contributed by atoms with Crippen LogP contribution in [0, 0.1) is 0 Å². The van der Waals surface area contributed by atoms with Gasteiger partial charge in [0.1, 0.15) is 0 Å². The summed E-state index contributed by atoms with van der Waals surface area (Å²) in [6.45, 7) is 0.949. The molecule has 1 aromatic rings. The molecule has 2 fully saturated rings. The Balaban J connectivity index is 1.49. The number of aromatic amines is 1. The lowest BCUT2D eigenvalue weighted by Gasteiger charge is -2.22. The highest BCUT2D eigenvalue weighted by atomic mass is 32.2. The summed E-state index contributed by atoms with van der Waals surface area (Å²) in [4.78, 5) is 0. The Morgan fingerprint density at radius 3 is 3.12 bits per heavy atom. The van der Waals surface area contributed by atoms with Crippen LogP contribution in [0.1, 0.15) is 43.0 Å². The fraction of sp³-hybridized carbons (Fsp3) is 0.750. The van der Waals surface area contributed by atoms with Gasteiger partial charge in [0.25, 0.3) is 0 Å². The number of rotatable bonds is 4. The van der Waals surface area contributed by atoms with Crippen LogP contribution in [0.25, 0.3) is 0 Å². The highest BCUT2D eigenvalue weighted by Gasteiger charge is 2.26. The lowest BCUT2D eigenvalue weighted by atomic mass is 10.2. The van der Waals surface area contributed by atoms with Gasteiger partial charge in [-0.15, -0.1) is 0 Å².